The molecule has 0 N–H and O–H groups in total. The van der Waals surface area contributed by atoms with Crippen molar-refractivity contribution in [1.29, 1.82) is 0 Å². The maximum Gasteiger partial charge on any atom is 0.0745 e. The Kier molecular flexibility index (Phi) is 7.48. The molecule has 10 aromatic rings. The number of rotatable bonds is 2. The Hall–Kier alpha value is -6.90. The van der Waals surface area contributed by atoms with Gasteiger partial charge in [-0.15, -0.1) is 0 Å². The topological polar surface area (TPSA) is 9.86 Å². The van der Waals surface area contributed by atoms with Crippen LogP contribution in [-0.2, 0) is 10.8 Å². The lowest BCUT2D eigenvalue weighted by Gasteiger charge is -2.52. The second-order valence-corrected chi connectivity index (χ2v) is 17.1. The van der Waals surface area contributed by atoms with Crippen molar-refractivity contribution >= 4 is 54.4 Å². The molecule has 0 saturated heterocycles. The third kappa shape index (κ3) is 4.43. The van der Waals surface area contributed by atoms with Crippen molar-refractivity contribution in [1.82, 2.24) is 9.13 Å². The molecular formula is C58H46N2. The highest BCUT2D eigenvalue weighted by Crippen LogP contribution is 2.63. The van der Waals surface area contributed by atoms with Gasteiger partial charge in [0.2, 0.25) is 0 Å². The molecule has 0 radical (unpaired) electrons. The van der Waals surface area contributed by atoms with E-state index >= 15 is 0 Å². The highest BCUT2D eigenvalue weighted by Gasteiger charge is 2.54. The number of allylic oxidation sites excluding steroid dienone is 4. The molecular weight excluding hydrogens is 725 g/mol. The van der Waals surface area contributed by atoms with Crippen LogP contribution < -0.4 is 0 Å². The predicted molar refractivity (Wildman–Crippen MR) is 254 cm³/mol. The van der Waals surface area contributed by atoms with Crippen molar-refractivity contribution in [2.24, 2.45) is 0 Å². The monoisotopic (exact) mass is 770 g/mol. The van der Waals surface area contributed by atoms with E-state index in [2.05, 4.69) is 205 Å². The average Bonchev–Trinajstić information content (AvgIpc) is 3.83. The zero-order valence-corrected chi connectivity index (χ0v) is 34.6. The summed E-state index contributed by atoms with van der Waals surface area (Å²) in [4.78, 5) is 0. The van der Waals surface area contributed by atoms with Crippen LogP contribution in [0.25, 0.3) is 76.9 Å². The quantitative estimate of drug-likeness (QED) is 0.166. The Balaban J connectivity index is 0.00000191. The Bertz CT molecular complexity index is 3490. The molecule has 1 aliphatic heterocycles. The molecule has 13 rings (SSSR count). The van der Waals surface area contributed by atoms with E-state index < -0.39 is 5.41 Å². The number of hydrogen-bond donors (Lipinski definition) is 0. The van der Waals surface area contributed by atoms with E-state index in [1.807, 2.05) is 13.8 Å². The lowest BCUT2D eigenvalue weighted by molar-refractivity contribution is 0.521. The summed E-state index contributed by atoms with van der Waals surface area (Å²) in [6, 6.07) is 64.1. The molecule has 0 bridgehead atoms. The van der Waals surface area contributed by atoms with Crippen LogP contribution in [0.4, 0.5) is 0 Å². The van der Waals surface area contributed by atoms with E-state index in [-0.39, 0.29) is 5.41 Å². The standard InChI is InChI=1S/C56H40N2.C2H6/c1-55(2)44-21-7-8-22-45(44)56(46-23-9-12-28-52(46)58-50-27-11-5-17-40(50)42-20-14-25-48(56)54(42)58)47-24-13-19-39(53(47)55)37-30-32-51-43(34-37)41-18-6-10-26-49(41)57(51)38-31-29-35-15-3-4-16-36(35)33-38;1-2/h3-6,8-20,22-34H,7,21H2,1-2H3;1-2H3. The maximum absolute atomic E-state index is 2.55. The van der Waals surface area contributed by atoms with E-state index in [0.29, 0.717) is 0 Å². The molecule has 60 heavy (non-hydrogen) atoms. The van der Waals surface area contributed by atoms with Gasteiger partial charge in [0.25, 0.3) is 0 Å². The second-order valence-electron chi connectivity index (χ2n) is 17.1. The Morgan fingerprint density at radius 2 is 1.15 bits per heavy atom. The number of nitrogens with zero attached hydrogens (tertiary/aromatic N) is 2. The van der Waals surface area contributed by atoms with E-state index in [4.69, 9.17) is 0 Å². The normalized spacial score (nSPS) is 17.3. The number of benzene rings is 8. The van der Waals surface area contributed by atoms with Crippen LogP contribution in [0.1, 0.15) is 62.8 Å². The van der Waals surface area contributed by atoms with Gasteiger partial charge in [-0.2, -0.15) is 0 Å². The first-order chi connectivity index (χ1) is 29.5. The van der Waals surface area contributed by atoms with Gasteiger partial charge in [0, 0.05) is 32.6 Å². The number of aromatic nitrogens is 2. The fraction of sp³-hybridized carbons (Fsp3) is 0.138. The van der Waals surface area contributed by atoms with Gasteiger partial charge in [0.05, 0.1) is 33.2 Å². The summed E-state index contributed by atoms with van der Waals surface area (Å²) in [6.07, 6.45) is 7.03. The van der Waals surface area contributed by atoms with Gasteiger partial charge in [0.15, 0.2) is 0 Å². The van der Waals surface area contributed by atoms with E-state index in [1.165, 1.54) is 105 Å². The van der Waals surface area contributed by atoms with Gasteiger partial charge in [-0.05, 0) is 105 Å². The summed E-state index contributed by atoms with van der Waals surface area (Å²) in [6.45, 7) is 8.99. The Morgan fingerprint density at radius 3 is 2.00 bits per heavy atom. The molecule has 3 heterocycles. The molecule has 1 atom stereocenters. The van der Waals surface area contributed by atoms with Crippen molar-refractivity contribution in [3.63, 3.8) is 0 Å². The maximum atomic E-state index is 2.55. The minimum Gasteiger partial charge on any atom is -0.309 e. The van der Waals surface area contributed by atoms with Crippen LogP contribution in [0.3, 0.4) is 0 Å². The van der Waals surface area contributed by atoms with E-state index in [0.717, 1.165) is 12.8 Å². The molecule has 0 amide bonds. The molecule has 1 spiro atoms. The van der Waals surface area contributed by atoms with Crippen LogP contribution in [0, 0.1) is 0 Å². The zero-order chi connectivity index (χ0) is 40.3. The molecule has 2 aromatic heterocycles. The summed E-state index contributed by atoms with van der Waals surface area (Å²) >= 11 is 0. The molecule has 2 heteroatoms. The first-order valence-corrected chi connectivity index (χ1v) is 21.7. The Labute approximate surface area is 351 Å². The van der Waals surface area contributed by atoms with Crippen molar-refractivity contribution < 1.29 is 0 Å². The Morgan fingerprint density at radius 1 is 0.500 bits per heavy atom. The molecule has 3 aliphatic rings. The lowest BCUT2D eigenvalue weighted by atomic mass is 9.51. The molecule has 0 saturated carbocycles. The third-order valence-electron chi connectivity index (χ3n) is 14.0. The second kappa shape index (κ2) is 12.8. The third-order valence-corrected chi connectivity index (χ3v) is 14.0. The fourth-order valence-electron chi connectivity index (χ4n) is 11.8. The largest absolute Gasteiger partial charge is 0.309 e. The molecule has 0 fully saturated rings. The van der Waals surface area contributed by atoms with Crippen molar-refractivity contribution in [3.05, 3.63) is 215 Å². The van der Waals surface area contributed by atoms with Crippen molar-refractivity contribution in [3.8, 4) is 22.5 Å². The summed E-state index contributed by atoms with van der Waals surface area (Å²) < 4.78 is 5.00. The smallest absolute Gasteiger partial charge is 0.0745 e. The summed E-state index contributed by atoms with van der Waals surface area (Å²) in [5.41, 5.74) is 18.0. The van der Waals surface area contributed by atoms with Gasteiger partial charge < -0.3 is 9.13 Å². The zero-order valence-electron chi connectivity index (χ0n) is 34.6. The van der Waals surface area contributed by atoms with Gasteiger partial charge in [-0.1, -0.05) is 173 Å². The average molecular weight is 771 g/mol. The lowest BCUT2D eigenvalue weighted by Crippen LogP contribution is -2.44. The molecule has 2 aliphatic carbocycles. The molecule has 288 valence electrons. The first-order valence-electron chi connectivity index (χ1n) is 21.7. The van der Waals surface area contributed by atoms with Crippen molar-refractivity contribution in [2.75, 3.05) is 0 Å². The summed E-state index contributed by atoms with van der Waals surface area (Å²) in [5, 5.41) is 7.69. The van der Waals surface area contributed by atoms with Crippen LogP contribution in [0.5, 0.6) is 0 Å². The van der Waals surface area contributed by atoms with E-state index in [9.17, 15) is 0 Å². The number of para-hydroxylation sites is 4. The number of fused-ring (bicyclic) bond motifs is 14. The minimum absolute atomic E-state index is 0.196. The highest BCUT2D eigenvalue weighted by atomic mass is 15.0. The van der Waals surface area contributed by atoms with Crippen LogP contribution >= 0.6 is 0 Å². The molecule has 8 aromatic carbocycles. The molecule has 1 unspecified atom stereocenters. The van der Waals surface area contributed by atoms with Gasteiger partial charge in [-0.25, -0.2) is 0 Å². The summed E-state index contributed by atoms with van der Waals surface area (Å²) in [5.74, 6) is 0. The SMILES string of the molecule is CC.CC1(C)C2=C(C=CCC2)C2(c3ccccc3-n3c4ccccc4c4cccc2c43)c2cccc(-c3ccc4c(c3)c3ccccc3n4-c3ccc4ccccc4c3)c21. The van der Waals surface area contributed by atoms with Crippen molar-refractivity contribution in [2.45, 2.75) is 51.4 Å². The van der Waals surface area contributed by atoms with Crippen LogP contribution in [0.15, 0.2) is 193 Å². The summed E-state index contributed by atoms with van der Waals surface area (Å²) in [7, 11) is 0. The van der Waals surface area contributed by atoms with Gasteiger partial charge >= 0.3 is 0 Å². The highest BCUT2D eigenvalue weighted by molar-refractivity contribution is 6.13. The first kappa shape index (κ1) is 35.1. The van der Waals surface area contributed by atoms with Gasteiger partial charge in [0.1, 0.15) is 0 Å². The number of hydrogen-bond acceptors (Lipinski definition) is 0. The fourth-order valence-corrected chi connectivity index (χ4v) is 11.8. The van der Waals surface area contributed by atoms with Gasteiger partial charge in [-0.3, -0.25) is 0 Å². The predicted octanol–water partition coefficient (Wildman–Crippen LogP) is 15.3. The minimum atomic E-state index is -0.482. The van der Waals surface area contributed by atoms with Crippen LogP contribution in [-0.4, -0.2) is 9.13 Å². The molecule has 2 nitrogen and oxygen atoms in total. The van der Waals surface area contributed by atoms with E-state index in [1.54, 1.807) is 5.57 Å². The van der Waals surface area contributed by atoms with Crippen LogP contribution in [0.2, 0.25) is 0 Å².